The Kier molecular flexibility index (Phi) is 3.87. The van der Waals surface area contributed by atoms with Crippen LogP contribution in [-0.4, -0.2) is 52.9 Å². The van der Waals surface area contributed by atoms with Crippen LogP contribution in [0.25, 0.3) is 0 Å². The molecule has 20 heavy (non-hydrogen) atoms. The van der Waals surface area contributed by atoms with E-state index in [0.717, 1.165) is 19.5 Å². The molecular weight excluding hydrogens is 254 g/mol. The van der Waals surface area contributed by atoms with E-state index in [1.54, 1.807) is 6.07 Å². The van der Waals surface area contributed by atoms with Crippen LogP contribution in [0.4, 0.5) is 0 Å². The lowest BCUT2D eigenvalue weighted by Crippen LogP contribution is -2.41. The Labute approximate surface area is 118 Å². The third kappa shape index (κ3) is 2.77. The Bertz CT molecular complexity index is 514. The van der Waals surface area contributed by atoms with Crippen molar-refractivity contribution in [3.63, 3.8) is 0 Å². The van der Waals surface area contributed by atoms with E-state index < -0.39 is 0 Å². The minimum Gasteiger partial charge on any atom is -0.337 e. The zero-order chi connectivity index (χ0) is 13.9. The number of pyridine rings is 1. The molecule has 0 spiro atoms. The van der Waals surface area contributed by atoms with E-state index in [4.69, 9.17) is 0 Å². The summed E-state index contributed by atoms with van der Waals surface area (Å²) in [6, 6.07) is 3.53. The topological polar surface area (TPSA) is 56.4 Å². The van der Waals surface area contributed by atoms with Crippen molar-refractivity contribution in [2.75, 3.05) is 26.2 Å². The highest BCUT2D eigenvalue weighted by molar-refractivity contribution is 5.94. The average molecular weight is 275 g/mol. The van der Waals surface area contributed by atoms with Crippen LogP contribution in [0.1, 0.15) is 36.0 Å². The predicted octanol–water partition coefficient (Wildman–Crippen LogP) is 1.08. The molecule has 1 aromatic rings. The number of likely N-dealkylation sites (tertiary alicyclic amines) is 2. The summed E-state index contributed by atoms with van der Waals surface area (Å²) in [7, 11) is 0. The van der Waals surface area contributed by atoms with Gasteiger partial charge in [0.15, 0.2) is 0 Å². The number of hydrogen-bond acceptors (Lipinski definition) is 3. The minimum absolute atomic E-state index is 0.0285. The van der Waals surface area contributed by atoms with E-state index in [1.165, 1.54) is 44.6 Å². The zero-order valence-corrected chi connectivity index (χ0v) is 11.7. The fraction of sp³-hybridized carbons (Fsp3) is 0.600. The molecule has 5 heteroatoms. The maximum atomic E-state index is 12.4. The summed E-state index contributed by atoms with van der Waals surface area (Å²) >= 11 is 0. The first-order valence-corrected chi connectivity index (χ1v) is 7.46. The number of carbonyl (C=O) groups is 1. The van der Waals surface area contributed by atoms with Gasteiger partial charge in [-0.15, -0.1) is 0 Å². The van der Waals surface area contributed by atoms with Crippen molar-refractivity contribution in [2.45, 2.75) is 31.7 Å². The molecule has 0 saturated carbocycles. The normalized spacial score (nSPS) is 24.0. The van der Waals surface area contributed by atoms with Crippen molar-refractivity contribution >= 4 is 5.91 Å². The molecule has 2 fully saturated rings. The first-order chi connectivity index (χ1) is 9.74. The van der Waals surface area contributed by atoms with Gasteiger partial charge in [0.2, 0.25) is 5.56 Å². The highest BCUT2D eigenvalue weighted by atomic mass is 16.2. The summed E-state index contributed by atoms with van der Waals surface area (Å²) in [5.74, 6) is 0.0285. The first-order valence-electron chi connectivity index (χ1n) is 7.46. The van der Waals surface area contributed by atoms with Crippen LogP contribution in [0.15, 0.2) is 23.1 Å². The maximum Gasteiger partial charge on any atom is 0.255 e. The molecule has 1 unspecified atom stereocenters. The van der Waals surface area contributed by atoms with Gasteiger partial charge in [0.05, 0.1) is 5.56 Å². The van der Waals surface area contributed by atoms with E-state index in [2.05, 4.69) is 9.88 Å². The fourth-order valence-corrected chi connectivity index (χ4v) is 3.23. The number of aromatic nitrogens is 1. The van der Waals surface area contributed by atoms with Gasteiger partial charge in [0, 0.05) is 31.4 Å². The van der Waals surface area contributed by atoms with Crippen LogP contribution in [0, 0.1) is 0 Å². The number of H-pyrrole nitrogens is 1. The number of nitrogens with zero attached hydrogens (tertiary/aromatic N) is 2. The van der Waals surface area contributed by atoms with Crippen LogP contribution in [0.3, 0.4) is 0 Å². The molecular formula is C15H21N3O2. The van der Waals surface area contributed by atoms with Gasteiger partial charge in [-0.25, -0.2) is 0 Å². The van der Waals surface area contributed by atoms with E-state index in [1.807, 2.05) is 4.90 Å². The van der Waals surface area contributed by atoms with Crippen LogP contribution in [0.5, 0.6) is 0 Å². The molecule has 1 aromatic heterocycles. The highest BCUT2D eigenvalue weighted by Gasteiger charge is 2.31. The molecule has 3 rings (SSSR count). The summed E-state index contributed by atoms with van der Waals surface area (Å²) in [5, 5.41) is 0. The van der Waals surface area contributed by atoms with Gasteiger partial charge in [-0.3, -0.25) is 14.5 Å². The third-order valence-corrected chi connectivity index (χ3v) is 4.39. The van der Waals surface area contributed by atoms with Gasteiger partial charge >= 0.3 is 0 Å². The van der Waals surface area contributed by atoms with Crippen molar-refractivity contribution in [3.8, 4) is 0 Å². The molecule has 5 nitrogen and oxygen atoms in total. The number of aromatic amines is 1. The fourth-order valence-electron chi connectivity index (χ4n) is 3.23. The lowest BCUT2D eigenvalue weighted by molar-refractivity contribution is 0.0771. The van der Waals surface area contributed by atoms with Gasteiger partial charge in [-0.05, 0) is 38.4 Å². The van der Waals surface area contributed by atoms with Gasteiger partial charge in [0.1, 0.15) is 0 Å². The second kappa shape index (κ2) is 5.79. The molecule has 108 valence electrons. The van der Waals surface area contributed by atoms with Crippen LogP contribution in [-0.2, 0) is 0 Å². The molecule has 3 heterocycles. The number of hydrogen-bond donors (Lipinski definition) is 1. The monoisotopic (exact) mass is 275 g/mol. The Morgan fingerprint density at radius 3 is 2.65 bits per heavy atom. The highest BCUT2D eigenvalue weighted by Crippen LogP contribution is 2.21. The number of rotatable bonds is 2. The Morgan fingerprint density at radius 1 is 1.15 bits per heavy atom. The molecule has 2 aliphatic rings. The summed E-state index contributed by atoms with van der Waals surface area (Å²) in [5.41, 5.74) is 0.401. The summed E-state index contributed by atoms with van der Waals surface area (Å²) in [4.78, 5) is 30.4. The van der Waals surface area contributed by atoms with Gasteiger partial charge in [0.25, 0.3) is 5.91 Å². The third-order valence-electron chi connectivity index (χ3n) is 4.39. The van der Waals surface area contributed by atoms with Crippen LogP contribution >= 0.6 is 0 Å². The van der Waals surface area contributed by atoms with E-state index in [-0.39, 0.29) is 11.5 Å². The summed E-state index contributed by atoms with van der Waals surface area (Å²) in [6.45, 7) is 3.98. The Balaban J connectivity index is 1.62. The second-order valence-electron chi connectivity index (χ2n) is 5.73. The van der Waals surface area contributed by atoms with Gasteiger partial charge < -0.3 is 9.88 Å². The van der Waals surface area contributed by atoms with Gasteiger partial charge in [-0.2, -0.15) is 0 Å². The SMILES string of the molecule is O=C(c1ccc(=O)[nH]c1)N1CCC(N2CCCCC2)C1. The van der Waals surface area contributed by atoms with Crippen molar-refractivity contribution in [1.29, 1.82) is 0 Å². The minimum atomic E-state index is -0.172. The lowest BCUT2D eigenvalue weighted by Gasteiger charge is -2.32. The molecule has 2 aliphatic heterocycles. The smallest absolute Gasteiger partial charge is 0.255 e. The standard InChI is InChI=1S/C15H21N3O2/c19-14-5-4-12(10-16-14)15(20)18-9-6-13(11-18)17-7-2-1-3-8-17/h4-5,10,13H,1-3,6-9,11H2,(H,16,19). The molecule has 1 N–H and O–H groups in total. The molecule has 1 amide bonds. The van der Waals surface area contributed by atoms with E-state index in [0.29, 0.717) is 11.6 Å². The molecule has 0 radical (unpaired) electrons. The first kappa shape index (κ1) is 13.4. The Morgan fingerprint density at radius 2 is 1.95 bits per heavy atom. The van der Waals surface area contributed by atoms with Crippen molar-refractivity contribution in [1.82, 2.24) is 14.8 Å². The van der Waals surface area contributed by atoms with E-state index >= 15 is 0 Å². The maximum absolute atomic E-state index is 12.4. The van der Waals surface area contributed by atoms with E-state index in [9.17, 15) is 9.59 Å². The predicted molar refractivity (Wildman–Crippen MR) is 76.8 cm³/mol. The molecule has 2 saturated heterocycles. The summed E-state index contributed by atoms with van der Waals surface area (Å²) in [6.07, 6.45) is 6.48. The van der Waals surface area contributed by atoms with Crippen LogP contribution < -0.4 is 5.56 Å². The van der Waals surface area contributed by atoms with Crippen molar-refractivity contribution in [2.24, 2.45) is 0 Å². The quantitative estimate of drug-likeness (QED) is 0.878. The average Bonchev–Trinajstić information content (AvgIpc) is 2.98. The molecule has 0 aromatic carbocycles. The Hall–Kier alpha value is -1.62. The number of piperidine rings is 1. The number of amides is 1. The van der Waals surface area contributed by atoms with Crippen molar-refractivity contribution < 1.29 is 4.79 Å². The second-order valence-corrected chi connectivity index (χ2v) is 5.73. The summed E-state index contributed by atoms with van der Waals surface area (Å²) < 4.78 is 0. The largest absolute Gasteiger partial charge is 0.337 e. The zero-order valence-electron chi connectivity index (χ0n) is 11.7. The molecule has 0 bridgehead atoms. The van der Waals surface area contributed by atoms with Gasteiger partial charge in [-0.1, -0.05) is 6.42 Å². The molecule has 1 atom stereocenters. The number of carbonyl (C=O) groups excluding carboxylic acids is 1. The molecule has 0 aliphatic carbocycles. The van der Waals surface area contributed by atoms with Crippen LogP contribution in [0.2, 0.25) is 0 Å². The van der Waals surface area contributed by atoms with Crippen molar-refractivity contribution in [3.05, 3.63) is 34.2 Å². The lowest BCUT2D eigenvalue weighted by atomic mass is 10.1. The number of nitrogens with one attached hydrogen (secondary N) is 1.